The van der Waals surface area contributed by atoms with E-state index in [2.05, 4.69) is 53.1 Å². The van der Waals surface area contributed by atoms with Gasteiger partial charge in [-0.1, -0.05) is 12.1 Å². The summed E-state index contributed by atoms with van der Waals surface area (Å²) in [6, 6.07) is 8.55. The van der Waals surface area contributed by atoms with Gasteiger partial charge >= 0.3 is 0 Å². The van der Waals surface area contributed by atoms with Gasteiger partial charge in [0.05, 0.1) is 11.4 Å². The van der Waals surface area contributed by atoms with Crippen LogP contribution in [0.3, 0.4) is 0 Å². The van der Waals surface area contributed by atoms with Crippen LogP contribution in [0.25, 0.3) is 0 Å². The molecule has 0 N–H and O–H groups in total. The first-order chi connectivity index (χ1) is 9.75. The van der Waals surface area contributed by atoms with Crippen LogP contribution in [0.4, 0.5) is 11.4 Å². The van der Waals surface area contributed by atoms with Gasteiger partial charge in [-0.3, -0.25) is 0 Å². The summed E-state index contributed by atoms with van der Waals surface area (Å²) < 4.78 is 0. The maximum absolute atomic E-state index is 4.92. The smallest absolute Gasteiger partial charge is 0.201 e. The maximum Gasteiger partial charge on any atom is 0.201 e. The van der Waals surface area contributed by atoms with E-state index in [0.717, 1.165) is 37.8 Å². The highest BCUT2D eigenvalue weighted by Gasteiger charge is 2.21. The topological polar surface area (TPSA) is 22.1 Å². The van der Waals surface area contributed by atoms with Crippen LogP contribution in [0.2, 0.25) is 0 Å². The van der Waals surface area contributed by atoms with E-state index in [1.165, 1.54) is 24.9 Å². The van der Waals surface area contributed by atoms with Crippen molar-refractivity contribution in [2.45, 2.75) is 19.3 Å². The third-order valence-corrected chi connectivity index (χ3v) is 4.25. The lowest BCUT2D eigenvalue weighted by Gasteiger charge is -2.30. The lowest BCUT2D eigenvalue weighted by molar-refractivity contribution is 0.553. The van der Waals surface area contributed by atoms with Crippen LogP contribution in [0.5, 0.6) is 0 Å². The number of hydrogen-bond acceptors (Lipinski definition) is 2. The second-order valence-corrected chi connectivity index (χ2v) is 5.79. The molecular formula is C16H24N4. The molecule has 2 heterocycles. The molecule has 4 heteroatoms. The van der Waals surface area contributed by atoms with Crippen molar-refractivity contribution in [3.63, 3.8) is 0 Å². The van der Waals surface area contributed by atoms with Crippen molar-refractivity contribution in [2.75, 3.05) is 45.2 Å². The fourth-order valence-electron chi connectivity index (χ4n) is 3.03. The fourth-order valence-corrected chi connectivity index (χ4v) is 3.03. The molecule has 1 aromatic carbocycles. The highest BCUT2D eigenvalue weighted by atomic mass is 15.4. The second-order valence-electron chi connectivity index (χ2n) is 5.79. The van der Waals surface area contributed by atoms with E-state index in [9.17, 15) is 0 Å². The van der Waals surface area contributed by atoms with Crippen molar-refractivity contribution in [3.05, 3.63) is 24.3 Å². The highest BCUT2D eigenvalue weighted by Crippen LogP contribution is 2.31. The molecule has 0 saturated carbocycles. The van der Waals surface area contributed by atoms with Gasteiger partial charge in [-0.15, -0.1) is 0 Å². The third kappa shape index (κ3) is 2.60. The lowest BCUT2D eigenvalue weighted by Crippen LogP contribution is -2.30. The van der Waals surface area contributed by atoms with Crippen molar-refractivity contribution in [3.8, 4) is 0 Å². The Labute approximate surface area is 121 Å². The van der Waals surface area contributed by atoms with Gasteiger partial charge in [-0.05, 0) is 31.4 Å². The average Bonchev–Trinajstić information content (AvgIpc) is 2.81. The van der Waals surface area contributed by atoms with E-state index in [0.29, 0.717) is 0 Å². The van der Waals surface area contributed by atoms with Gasteiger partial charge in [0.1, 0.15) is 0 Å². The molecule has 0 bridgehead atoms. The average molecular weight is 272 g/mol. The SMILES string of the molecule is CN1CCN(C)C1=Nc1ccccc1N1CCCCC1. The molecule has 3 rings (SSSR count). The van der Waals surface area contributed by atoms with Gasteiger partial charge in [-0.25, -0.2) is 4.99 Å². The lowest BCUT2D eigenvalue weighted by atomic mass is 10.1. The van der Waals surface area contributed by atoms with Gasteiger partial charge in [0, 0.05) is 40.3 Å². The van der Waals surface area contributed by atoms with Gasteiger partial charge in [0.15, 0.2) is 0 Å². The quantitative estimate of drug-likeness (QED) is 0.826. The van der Waals surface area contributed by atoms with E-state index in [-0.39, 0.29) is 0 Å². The fraction of sp³-hybridized carbons (Fsp3) is 0.562. The first-order valence-electron chi connectivity index (χ1n) is 7.60. The zero-order valence-corrected chi connectivity index (χ0v) is 12.5. The molecule has 108 valence electrons. The predicted molar refractivity (Wildman–Crippen MR) is 84.9 cm³/mol. The third-order valence-electron chi connectivity index (χ3n) is 4.25. The minimum Gasteiger partial charge on any atom is -0.370 e. The number of benzene rings is 1. The summed E-state index contributed by atoms with van der Waals surface area (Å²) in [5.74, 6) is 1.08. The molecule has 0 aromatic heterocycles. The highest BCUT2D eigenvalue weighted by molar-refractivity contribution is 5.86. The zero-order valence-electron chi connectivity index (χ0n) is 12.5. The van der Waals surface area contributed by atoms with E-state index in [1.54, 1.807) is 0 Å². The molecule has 2 saturated heterocycles. The van der Waals surface area contributed by atoms with E-state index < -0.39 is 0 Å². The Morgan fingerprint density at radius 3 is 2.20 bits per heavy atom. The van der Waals surface area contributed by atoms with Gasteiger partial charge in [-0.2, -0.15) is 0 Å². The summed E-state index contributed by atoms with van der Waals surface area (Å²) in [7, 11) is 4.23. The predicted octanol–water partition coefficient (Wildman–Crippen LogP) is 2.54. The van der Waals surface area contributed by atoms with E-state index in [1.807, 2.05) is 0 Å². The maximum atomic E-state index is 4.92. The number of nitrogens with zero attached hydrogens (tertiary/aromatic N) is 4. The molecule has 0 amide bonds. The number of para-hydroxylation sites is 2. The van der Waals surface area contributed by atoms with Crippen molar-refractivity contribution in [1.82, 2.24) is 9.80 Å². The van der Waals surface area contributed by atoms with Crippen LogP contribution in [0.1, 0.15) is 19.3 Å². The Kier molecular flexibility index (Phi) is 3.81. The zero-order chi connectivity index (χ0) is 13.9. The molecule has 4 nitrogen and oxygen atoms in total. The summed E-state index contributed by atoms with van der Waals surface area (Å²) >= 11 is 0. The minimum absolute atomic E-state index is 1.06. The van der Waals surface area contributed by atoms with Crippen LogP contribution in [-0.2, 0) is 0 Å². The van der Waals surface area contributed by atoms with Crippen LogP contribution < -0.4 is 4.90 Å². The molecular weight excluding hydrogens is 248 g/mol. The van der Waals surface area contributed by atoms with E-state index >= 15 is 0 Å². The summed E-state index contributed by atoms with van der Waals surface area (Å²) in [4.78, 5) is 11.9. The number of anilines is 1. The first-order valence-corrected chi connectivity index (χ1v) is 7.60. The van der Waals surface area contributed by atoms with E-state index in [4.69, 9.17) is 4.99 Å². The normalized spacial score (nSPS) is 19.7. The van der Waals surface area contributed by atoms with Crippen molar-refractivity contribution in [1.29, 1.82) is 0 Å². The summed E-state index contributed by atoms with van der Waals surface area (Å²) in [6.07, 6.45) is 3.95. The van der Waals surface area contributed by atoms with Crippen LogP contribution in [0, 0.1) is 0 Å². The molecule has 2 aliphatic heterocycles. The number of likely N-dealkylation sites (N-methyl/N-ethyl adjacent to an activating group) is 2. The molecule has 20 heavy (non-hydrogen) atoms. The first kappa shape index (κ1) is 13.3. The minimum atomic E-state index is 1.06. The number of rotatable bonds is 2. The Balaban J connectivity index is 1.91. The molecule has 0 atom stereocenters. The Morgan fingerprint density at radius 1 is 0.850 bits per heavy atom. The molecule has 0 radical (unpaired) electrons. The number of guanidine groups is 1. The molecule has 2 fully saturated rings. The molecule has 1 aromatic rings. The molecule has 2 aliphatic rings. The van der Waals surface area contributed by atoms with Gasteiger partial charge in [0.25, 0.3) is 0 Å². The number of hydrogen-bond donors (Lipinski definition) is 0. The van der Waals surface area contributed by atoms with Crippen LogP contribution >= 0.6 is 0 Å². The van der Waals surface area contributed by atoms with Crippen molar-refractivity contribution < 1.29 is 0 Å². The summed E-state index contributed by atoms with van der Waals surface area (Å²) in [5.41, 5.74) is 2.39. The van der Waals surface area contributed by atoms with Gasteiger partial charge < -0.3 is 14.7 Å². The number of piperidine rings is 1. The summed E-state index contributed by atoms with van der Waals surface area (Å²) in [5, 5.41) is 0. The monoisotopic (exact) mass is 272 g/mol. The number of aliphatic imine (C=N–C) groups is 1. The standard InChI is InChI=1S/C16H24N4/c1-18-12-13-19(2)16(18)17-14-8-4-5-9-15(14)20-10-6-3-7-11-20/h4-5,8-9H,3,6-7,10-13H2,1-2H3. The Hall–Kier alpha value is -1.71. The van der Waals surface area contributed by atoms with Gasteiger partial charge in [0.2, 0.25) is 5.96 Å². The van der Waals surface area contributed by atoms with Crippen molar-refractivity contribution in [2.24, 2.45) is 4.99 Å². The molecule has 0 unspecified atom stereocenters. The second kappa shape index (κ2) is 5.73. The largest absolute Gasteiger partial charge is 0.370 e. The van der Waals surface area contributed by atoms with Crippen LogP contribution in [0.15, 0.2) is 29.3 Å². The van der Waals surface area contributed by atoms with Crippen LogP contribution in [-0.4, -0.2) is 56.0 Å². The molecule has 0 aliphatic carbocycles. The Morgan fingerprint density at radius 2 is 1.50 bits per heavy atom. The summed E-state index contributed by atoms with van der Waals surface area (Å²) in [6.45, 7) is 4.43. The molecule has 0 spiro atoms. The van der Waals surface area contributed by atoms with Crippen molar-refractivity contribution >= 4 is 17.3 Å². The Bertz CT molecular complexity index is 479.